The van der Waals surface area contributed by atoms with Gasteiger partial charge in [0.1, 0.15) is 5.75 Å². The average molecular weight is 431 g/mol. The molecule has 1 heterocycles. The Bertz CT molecular complexity index is 979. The van der Waals surface area contributed by atoms with E-state index < -0.39 is 10.0 Å². The fourth-order valence-electron chi connectivity index (χ4n) is 3.46. The van der Waals surface area contributed by atoms with E-state index in [-0.39, 0.29) is 17.4 Å². The van der Waals surface area contributed by atoms with Crippen molar-refractivity contribution < 1.29 is 17.9 Å². The van der Waals surface area contributed by atoms with Crippen molar-refractivity contribution in [2.24, 2.45) is 0 Å². The number of rotatable bonds is 6. The highest BCUT2D eigenvalue weighted by atomic mass is 32.2. The van der Waals surface area contributed by atoms with Crippen molar-refractivity contribution in [3.8, 4) is 5.75 Å². The summed E-state index contributed by atoms with van der Waals surface area (Å²) in [5, 5.41) is 0. The molecule has 1 saturated heterocycles. The summed E-state index contributed by atoms with van der Waals surface area (Å²) in [7, 11) is -1.77. The van der Waals surface area contributed by atoms with Gasteiger partial charge in [-0.1, -0.05) is 18.9 Å². The summed E-state index contributed by atoms with van der Waals surface area (Å²) in [5.41, 5.74) is 3.10. The van der Waals surface area contributed by atoms with E-state index in [0.717, 1.165) is 36.9 Å². The monoisotopic (exact) mass is 430 g/mol. The van der Waals surface area contributed by atoms with Crippen LogP contribution in [0.1, 0.15) is 36.8 Å². The summed E-state index contributed by atoms with van der Waals surface area (Å²) in [6.07, 6.45) is 3.94. The van der Waals surface area contributed by atoms with Crippen LogP contribution in [-0.4, -0.2) is 45.4 Å². The quantitative estimate of drug-likeness (QED) is 0.697. The number of amides is 1. The zero-order valence-corrected chi connectivity index (χ0v) is 18.7. The van der Waals surface area contributed by atoms with E-state index >= 15 is 0 Å². The van der Waals surface area contributed by atoms with Gasteiger partial charge in [-0.25, -0.2) is 8.42 Å². The van der Waals surface area contributed by atoms with Crippen LogP contribution in [0, 0.1) is 13.8 Å². The molecular weight excluding hydrogens is 400 g/mol. The number of carbonyl (C=O) groups is 1. The lowest BCUT2D eigenvalue weighted by atomic mass is 10.1. The number of benzene rings is 2. The van der Waals surface area contributed by atoms with Crippen LogP contribution >= 0.6 is 0 Å². The van der Waals surface area contributed by atoms with E-state index in [4.69, 9.17) is 4.74 Å². The van der Waals surface area contributed by atoms with Gasteiger partial charge >= 0.3 is 0 Å². The van der Waals surface area contributed by atoms with Crippen LogP contribution in [0.2, 0.25) is 0 Å². The first-order chi connectivity index (χ1) is 14.3. The van der Waals surface area contributed by atoms with Crippen LogP contribution in [-0.2, 0) is 14.8 Å². The largest absolute Gasteiger partial charge is 0.484 e. The molecular formula is C23H30N2O4S. The van der Waals surface area contributed by atoms with Crippen LogP contribution in [0.4, 0.5) is 5.69 Å². The van der Waals surface area contributed by atoms with Crippen LogP contribution in [0.25, 0.3) is 0 Å². The summed E-state index contributed by atoms with van der Waals surface area (Å²) in [4.78, 5) is 14.3. The third-order valence-corrected chi connectivity index (χ3v) is 7.55. The van der Waals surface area contributed by atoms with Crippen molar-refractivity contribution >= 4 is 21.6 Å². The molecule has 0 atom stereocenters. The van der Waals surface area contributed by atoms with Crippen molar-refractivity contribution in [3.63, 3.8) is 0 Å². The van der Waals surface area contributed by atoms with Crippen LogP contribution in [0.15, 0.2) is 47.4 Å². The summed E-state index contributed by atoms with van der Waals surface area (Å²) in [6, 6.07) is 12.2. The molecule has 162 valence electrons. The first kappa shape index (κ1) is 22.3. The molecule has 0 unspecified atom stereocenters. The van der Waals surface area contributed by atoms with Crippen molar-refractivity contribution in [1.82, 2.24) is 4.31 Å². The van der Waals surface area contributed by atoms with Gasteiger partial charge < -0.3 is 9.64 Å². The highest BCUT2D eigenvalue weighted by Gasteiger charge is 2.25. The van der Waals surface area contributed by atoms with Gasteiger partial charge in [-0.15, -0.1) is 0 Å². The third-order valence-electron chi connectivity index (χ3n) is 5.64. The van der Waals surface area contributed by atoms with Crippen molar-refractivity contribution in [2.75, 3.05) is 31.6 Å². The second-order valence-corrected chi connectivity index (χ2v) is 9.74. The lowest BCUT2D eigenvalue weighted by Gasteiger charge is -2.20. The molecule has 0 saturated carbocycles. The molecule has 7 heteroatoms. The smallest absolute Gasteiger partial charge is 0.264 e. The maximum atomic E-state index is 12.8. The van der Waals surface area contributed by atoms with Crippen molar-refractivity contribution in [1.29, 1.82) is 0 Å². The molecule has 1 fully saturated rings. The molecule has 0 radical (unpaired) electrons. The molecule has 1 amide bonds. The fraction of sp³-hybridized carbons (Fsp3) is 0.435. The first-order valence-corrected chi connectivity index (χ1v) is 11.8. The molecule has 0 aromatic heterocycles. The predicted molar refractivity (Wildman–Crippen MR) is 118 cm³/mol. The molecule has 1 aliphatic rings. The molecule has 0 bridgehead atoms. The summed E-state index contributed by atoms with van der Waals surface area (Å²) >= 11 is 0. The van der Waals surface area contributed by atoms with E-state index in [9.17, 15) is 13.2 Å². The van der Waals surface area contributed by atoms with E-state index in [1.165, 1.54) is 5.56 Å². The Morgan fingerprint density at radius 1 is 0.967 bits per heavy atom. The Morgan fingerprint density at radius 3 is 2.20 bits per heavy atom. The zero-order chi connectivity index (χ0) is 21.7. The number of hydrogen-bond donors (Lipinski definition) is 0. The average Bonchev–Trinajstić information content (AvgIpc) is 3.04. The minimum atomic E-state index is -3.49. The zero-order valence-electron chi connectivity index (χ0n) is 17.9. The van der Waals surface area contributed by atoms with Gasteiger partial charge in [0.15, 0.2) is 6.61 Å². The number of anilines is 1. The second kappa shape index (κ2) is 9.62. The molecule has 0 spiro atoms. The maximum Gasteiger partial charge on any atom is 0.264 e. The molecule has 0 N–H and O–H groups in total. The van der Waals surface area contributed by atoms with Gasteiger partial charge in [0, 0.05) is 25.8 Å². The first-order valence-electron chi connectivity index (χ1n) is 10.4. The van der Waals surface area contributed by atoms with Crippen molar-refractivity contribution in [2.45, 2.75) is 44.4 Å². The van der Waals surface area contributed by atoms with E-state index in [2.05, 4.69) is 0 Å². The number of nitrogens with zero attached hydrogens (tertiary/aromatic N) is 2. The topological polar surface area (TPSA) is 66.9 Å². The van der Waals surface area contributed by atoms with Crippen LogP contribution < -0.4 is 9.64 Å². The summed E-state index contributed by atoms with van der Waals surface area (Å²) < 4.78 is 32.8. The normalized spacial score (nSPS) is 15.4. The van der Waals surface area contributed by atoms with E-state index in [1.807, 2.05) is 32.0 Å². The Balaban J connectivity index is 1.61. The summed E-state index contributed by atoms with van der Waals surface area (Å²) in [6.45, 7) is 5.05. The van der Waals surface area contributed by atoms with E-state index in [1.54, 1.807) is 40.5 Å². The van der Waals surface area contributed by atoms with Crippen LogP contribution in [0.3, 0.4) is 0 Å². The number of hydrogen-bond acceptors (Lipinski definition) is 4. The highest BCUT2D eigenvalue weighted by Crippen LogP contribution is 2.23. The van der Waals surface area contributed by atoms with Gasteiger partial charge in [0.25, 0.3) is 5.91 Å². The van der Waals surface area contributed by atoms with Crippen LogP contribution in [0.5, 0.6) is 5.75 Å². The minimum Gasteiger partial charge on any atom is -0.484 e. The molecule has 6 nitrogen and oxygen atoms in total. The van der Waals surface area contributed by atoms with Gasteiger partial charge in [-0.3, -0.25) is 4.79 Å². The van der Waals surface area contributed by atoms with Gasteiger partial charge in [0.05, 0.1) is 4.90 Å². The molecule has 1 aliphatic heterocycles. The Morgan fingerprint density at radius 2 is 1.60 bits per heavy atom. The Hall–Kier alpha value is -2.38. The minimum absolute atomic E-state index is 0.123. The predicted octanol–water partition coefficient (Wildman–Crippen LogP) is 3.91. The summed E-state index contributed by atoms with van der Waals surface area (Å²) in [5.74, 6) is 0.283. The van der Waals surface area contributed by atoms with Crippen molar-refractivity contribution in [3.05, 3.63) is 53.6 Å². The molecule has 30 heavy (non-hydrogen) atoms. The van der Waals surface area contributed by atoms with Gasteiger partial charge in [-0.2, -0.15) is 4.31 Å². The number of sulfonamides is 1. The fourth-order valence-corrected chi connectivity index (χ4v) is 4.98. The molecule has 2 aromatic carbocycles. The van der Waals surface area contributed by atoms with Gasteiger partial charge in [-0.05, 0) is 74.2 Å². The Labute approximate surface area is 179 Å². The standard InChI is InChI=1S/C23H30N2O4S/c1-18-8-9-20(16-19(18)2)24(3)23(26)17-29-21-10-12-22(13-11-21)30(27,28)25-14-6-4-5-7-15-25/h8-13,16H,4-7,14-15,17H2,1-3H3. The second-order valence-electron chi connectivity index (χ2n) is 7.80. The Kier molecular flexibility index (Phi) is 7.15. The van der Waals surface area contributed by atoms with Gasteiger partial charge in [0.2, 0.25) is 10.0 Å². The van der Waals surface area contributed by atoms with E-state index in [0.29, 0.717) is 18.8 Å². The maximum absolute atomic E-state index is 12.8. The SMILES string of the molecule is Cc1ccc(N(C)C(=O)COc2ccc(S(=O)(=O)N3CCCCCC3)cc2)cc1C. The molecule has 3 rings (SSSR count). The molecule has 0 aliphatic carbocycles. The lowest BCUT2D eigenvalue weighted by molar-refractivity contribution is -0.120. The number of carbonyl (C=O) groups excluding carboxylic acids is 1. The molecule has 2 aromatic rings. The number of ether oxygens (including phenoxy) is 1. The number of likely N-dealkylation sites (N-methyl/N-ethyl adjacent to an activating group) is 1. The third kappa shape index (κ3) is 5.21. The highest BCUT2D eigenvalue weighted by molar-refractivity contribution is 7.89. The lowest BCUT2D eigenvalue weighted by Crippen LogP contribution is -2.32. The number of aryl methyl sites for hydroxylation is 2.